The standard InChI is InChI=1S/C30H29NO8/c1-5-39-29(38)15-7-6-8-31(15)11-13-25(34)23-22-19-14(30(3,4)28(37)24(22)26(13)35)10-17(33)18-12(2)9-16(32)20(21(18)19)27(23)36/h9-10,15,33-34,36-37H,5-8,11H2,1-4H3/t15-/m0/s1. The lowest BCUT2D eigenvalue weighted by Crippen LogP contribution is -2.42. The van der Waals surface area contributed by atoms with E-state index in [1.807, 2.05) is 0 Å². The van der Waals surface area contributed by atoms with E-state index in [4.69, 9.17) is 4.74 Å². The summed E-state index contributed by atoms with van der Waals surface area (Å²) in [7, 11) is 0. The molecule has 0 saturated carbocycles. The number of aliphatic hydroxyl groups is 1. The zero-order chi connectivity index (χ0) is 28.1. The minimum atomic E-state index is -1.14. The van der Waals surface area contributed by atoms with Gasteiger partial charge in [0.2, 0.25) is 0 Å². The smallest absolute Gasteiger partial charge is 0.323 e. The fourth-order valence-electron chi connectivity index (χ4n) is 6.68. The second-order valence-electron chi connectivity index (χ2n) is 11.1. The van der Waals surface area contributed by atoms with Crippen molar-refractivity contribution in [3.8, 4) is 17.2 Å². The van der Waals surface area contributed by atoms with Gasteiger partial charge >= 0.3 is 5.97 Å². The van der Waals surface area contributed by atoms with Crippen LogP contribution in [0.5, 0.6) is 17.2 Å². The minimum Gasteiger partial charge on any atom is -0.511 e. The van der Waals surface area contributed by atoms with Crippen molar-refractivity contribution in [3.63, 3.8) is 0 Å². The van der Waals surface area contributed by atoms with Crippen molar-refractivity contribution in [2.24, 2.45) is 0 Å². The van der Waals surface area contributed by atoms with Crippen LogP contribution in [0, 0.1) is 6.92 Å². The summed E-state index contributed by atoms with van der Waals surface area (Å²) >= 11 is 0. The second-order valence-corrected chi connectivity index (χ2v) is 11.1. The number of aryl methyl sites for hydroxylation is 1. The summed E-state index contributed by atoms with van der Waals surface area (Å²) in [6.07, 6.45) is 1.23. The van der Waals surface area contributed by atoms with Crippen molar-refractivity contribution in [2.75, 3.05) is 13.2 Å². The largest absolute Gasteiger partial charge is 0.511 e. The van der Waals surface area contributed by atoms with E-state index in [9.17, 15) is 34.8 Å². The van der Waals surface area contributed by atoms with Gasteiger partial charge in [-0.3, -0.25) is 19.3 Å². The van der Waals surface area contributed by atoms with Gasteiger partial charge in [-0.15, -0.1) is 0 Å². The van der Waals surface area contributed by atoms with Crippen LogP contribution in [0.25, 0.3) is 38.1 Å². The van der Waals surface area contributed by atoms with Crippen LogP contribution >= 0.6 is 0 Å². The van der Waals surface area contributed by atoms with E-state index in [1.165, 1.54) is 12.1 Å². The summed E-state index contributed by atoms with van der Waals surface area (Å²) < 4.78 is 5.20. The maximum absolute atomic E-state index is 14.1. The van der Waals surface area contributed by atoms with E-state index in [0.717, 1.165) is 0 Å². The number of ether oxygens (including phenoxy) is 1. The van der Waals surface area contributed by atoms with Gasteiger partial charge in [-0.2, -0.15) is 0 Å². The molecular weight excluding hydrogens is 502 g/mol. The fraction of sp³-hybridized carbons (Fsp3) is 0.367. The summed E-state index contributed by atoms with van der Waals surface area (Å²) in [6, 6.07) is 2.23. The monoisotopic (exact) mass is 531 g/mol. The Morgan fingerprint density at radius 3 is 2.41 bits per heavy atom. The molecule has 4 N–H and O–H groups in total. The normalized spacial score (nSPS) is 18.7. The maximum Gasteiger partial charge on any atom is 0.323 e. The second kappa shape index (κ2) is 8.19. The SMILES string of the molecule is CCOC(=O)[C@@H]1CCCN1Cc1c(O)c2c(O)c3c(=O)cc(C)c4c(O)cc5c(c2c(c1=O)=C(O)C5(C)C)c43. The first-order valence-corrected chi connectivity index (χ1v) is 13.1. The average Bonchev–Trinajstić information content (AvgIpc) is 3.33. The molecular formula is C30H29NO8. The molecule has 1 aliphatic heterocycles. The third-order valence-electron chi connectivity index (χ3n) is 8.58. The maximum atomic E-state index is 14.1. The fourth-order valence-corrected chi connectivity index (χ4v) is 6.68. The zero-order valence-electron chi connectivity index (χ0n) is 22.1. The third kappa shape index (κ3) is 3.13. The average molecular weight is 532 g/mol. The molecule has 1 fully saturated rings. The van der Waals surface area contributed by atoms with Crippen LogP contribution in [0.15, 0.2) is 21.7 Å². The van der Waals surface area contributed by atoms with Crippen molar-refractivity contribution in [2.45, 2.75) is 58.5 Å². The van der Waals surface area contributed by atoms with Crippen molar-refractivity contribution < 1.29 is 30.0 Å². The number of nitrogens with zero attached hydrogens (tertiary/aromatic N) is 1. The van der Waals surface area contributed by atoms with E-state index >= 15 is 0 Å². The zero-order valence-corrected chi connectivity index (χ0v) is 22.1. The van der Waals surface area contributed by atoms with Crippen molar-refractivity contribution in [1.29, 1.82) is 0 Å². The molecule has 4 aromatic rings. The highest BCUT2D eigenvalue weighted by Gasteiger charge is 2.39. The Balaban J connectivity index is 1.79. The molecule has 1 saturated heterocycles. The lowest BCUT2D eigenvalue weighted by Gasteiger charge is -2.32. The predicted molar refractivity (Wildman–Crippen MR) is 147 cm³/mol. The van der Waals surface area contributed by atoms with Crippen molar-refractivity contribution >= 4 is 44.0 Å². The van der Waals surface area contributed by atoms with Gasteiger partial charge in [0.1, 0.15) is 29.0 Å². The Hall–Kier alpha value is -4.11. The number of esters is 1. The number of carbonyl (C=O) groups excluding carboxylic acids is 1. The highest BCUT2D eigenvalue weighted by molar-refractivity contribution is 6.29. The molecule has 4 aromatic carbocycles. The topological polar surface area (TPSA) is 145 Å². The highest BCUT2D eigenvalue weighted by atomic mass is 16.5. The number of phenolic OH excluding ortho intramolecular Hbond substituents is 3. The van der Waals surface area contributed by atoms with Crippen LogP contribution in [0.1, 0.15) is 50.3 Å². The molecule has 9 heteroatoms. The first kappa shape index (κ1) is 25.2. The minimum absolute atomic E-state index is 0.0691. The molecule has 2 aliphatic rings. The lowest BCUT2D eigenvalue weighted by atomic mass is 9.72. The quantitative estimate of drug-likeness (QED) is 0.177. The van der Waals surface area contributed by atoms with E-state index < -0.39 is 39.8 Å². The first-order chi connectivity index (χ1) is 18.4. The molecule has 0 amide bonds. The molecule has 0 radical (unpaired) electrons. The highest BCUT2D eigenvalue weighted by Crippen LogP contribution is 2.51. The molecule has 0 spiro atoms. The summed E-state index contributed by atoms with van der Waals surface area (Å²) in [5, 5.41) is 46.5. The number of aliphatic hydroxyl groups excluding tert-OH is 1. The molecule has 1 atom stereocenters. The van der Waals surface area contributed by atoms with Crippen LogP contribution in [-0.2, 0) is 21.5 Å². The number of hydrogen-bond acceptors (Lipinski definition) is 9. The van der Waals surface area contributed by atoms with E-state index in [0.29, 0.717) is 41.3 Å². The van der Waals surface area contributed by atoms with Gasteiger partial charge in [0.25, 0.3) is 0 Å². The Bertz CT molecular complexity index is 1930. The van der Waals surface area contributed by atoms with Crippen molar-refractivity contribution in [3.05, 3.63) is 54.5 Å². The molecule has 6 rings (SSSR count). The molecule has 0 bridgehead atoms. The summed E-state index contributed by atoms with van der Waals surface area (Å²) in [6.45, 7) is 7.38. The van der Waals surface area contributed by atoms with Crippen LogP contribution in [0.4, 0.5) is 0 Å². The van der Waals surface area contributed by atoms with Gasteiger partial charge in [0.15, 0.2) is 10.9 Å². The van der Waals surface area contributed by atoms with Gasteiger partial charge in [0, 0.05) is 28.1 Å². The van der Waals surface area contributed by atoms with Gasteiger partial charge in [-0.1, -0.05) is 0 Å². The number of likely N-dealkylation sites (tertiary alicyclic amines) is 1. The Morgan fingerprint density at radius 2 is 1.72 bits per heavy atom. The summed E-state index contributed by atoms with van der Waals surface area (Å²) in [5.74, 6) is -1.84. The van der Waals surface area contributed by atoms with Crippen LogP contribution in [0.3, 0.4) is 0 Å². The van der Waals surface area contributed by atoms with Crippen molar-refractivity contribution in [1.82, 2.24) is 4.90 Å². The Labute approximate surface area is 222 Å². The summed E-state index contributed by atoms with van der Waals surface area (Å²) in [5.41, 5.74) is -1.39. The van der Waals surface area contributed by atoms with E-state index in [-0.39, 0.29) is 57.0 Å². The third-order valence-corrected chi connectivity index (χ3v) is 8.58. The number of benzene rings is 4. The van der Waals surface area contributed by atoms with E-state index in [1.54, 1.807) is 32.6 Å². The molecule has 9 nitrogen and oxygen atoms in total. The van der Waals surface area contributed by atoms with Gasteiger partial charge in [-0.05, 0) is 75.7 Å². The van der Waals surface area contributed by atoms with E-state index in [2.05, 4.69) is 0 Å². The number of carbonyl (C=O) groups is 1. The van der Waals surface area contributed by atoms with Crippen LogP contribution in [-0.4, -0.2) is 50.5 Å². The lowest BCUT2D eigenvalue weighted by molar-refractivity contribution is -0.148. The molecule has 0 aromatic heterocycles. The number of rotatable bonds is 4. The molecule has 1 heterocycles. The van der Waals surface area contributed by atoms with Crippen LogP contribution in [0.2, 0.25) is 0 Å². The summed E-state index contributed by atoms with van der Waals surface area (Å²) in [4.78, 5) is 41.6. The van der Waals surface area contributed by atoms with Crippen LogP contribution < -0.4 is 16.1 Å². The predicted octanol–water partition coefficient (Wildman–Crippen LogP) is 2.93. The number of aromatic hydroxyl groups is 3. The number of phenols is 3. The van der Waals surface area contributed by atoms with Gasteiger partial charge in [-0.25, -0.2) is 0 Å². The first-order valence-electron chi connectivity index (χ1n) is 13.1. The molecule has 0 unspecified atom stereocenters. The Morgan fingerprint density at radius 1 is 1.00 bits per heavy atom. The molecule has 1 aliphatic carbocycles. The van der Waals surface area contributed by atoms with Gasteiger partial charge < -0.3 is 25.2 Å². The Kier molecular flexibility index (Phi) is 5.29. The molecule has 39 heavy (non-hydrogen) atoms. The molecule has 202 valence electrons. The number of hydrogen-bond donors (Lipinski definition) is 4. The van der Waals surface area contributed by atoms with Gasteiger partial charge in [0.05, 0.1) is 28.2 Å².